The van der Waals surface area contributed by atoms with Crippen molar-refractivity contribution in [1.82, 2.24) is 0 Å². The van der Waals surface area contributed by atoms with Gasteiger partial charge in [0.2, 0.25) is 0 Å². The molecule has 70 valence electrons. The van der Waals surface area contributed by atoms with Crippen LogP contribution in [-0.4, -0.2) is 6.54 Å². The lowest BCUT2D eigenvalue weighted by Gasteiger charge is -2.05. The highest BCUT2D eigenvalue weighted by Gasteiger charge is 2.20. The van der Waals surface area contributed by atoms with E-state index in [1.807, 2.05) is 6.07 Å². The van der Waals surface area contributed by atoms with Gasteiger partial charge in [0.25, 0.3) is 0 Å². The second-order valence-corrected chi connectivity index (χ2v) is 4.31. The molecule has 0 heterocycles. The summed E-state index contributed by atoms with van der Waals surface area (Å²) in [7, 11) is 0. The fraction of sp³-hybridized carbons (Fsp3) is 0.400. The number of halogens is 2. The van der Waals surface area contributed by atoms with E-state index in [-0.39, 0.29) is 5.82 Å². The normalized spacial score (nSPS) is 15.8. The highest BCUT2D eigenvalue weighted by atomic mass is 79.9. The van der Waals surface area contributed by atoms with Crippen molar-refractivity contribution in [3.05, 3.63) is 28.5 Å². The minimum absolute atomic E-state index is 0.208. The van der Waals surface area contributed by atoms with Gasteiger partial charge >= 0.3 is 0 Å². The standard InChI is InChI=1S/C10H11BrFN/c11-9-4-3-8(5-10(9)12)13-6-7-1-2-7/h3-5,7,13H,1-2,6H2. The van der Waals surface area contributed by atoms with E-state index < -0.39 is 0 Å². The Hall–Kier alpha value is -0.570. The molecule has 2 rings (SSSR count). The first-order valence-electron chi connectivity index (χ1n) is 4.44. The summed E-state index contributed by atoms with van der Waals surface area (Å²) < 4.78 is 13.6. The van der Waals surface area contributed by atoms with E-state index in [9.17, 15) is 4.39 Å². The zero-order valence-corrected chi connectivity index (χ0v) is 8.77. The van der Waals surface area contributed by atoms with Crippen LogP contribution in [0.5, 0.6) is 0 Å². The summed E-state index contributed by atoms with van der Waals surface area (Å²) in [6.07, 6.45) is 2.62. The van der Waals surface area contributed by atoms with Crippen LogP contribution in [0.4, 0.5) is 10.1 Å². The maximum atomic E-state index is 13.0. The first-order valence-corrected chi connectivity index (χ1v) is 5.24. The Morgan fingerprint density at radius 2 is 2.23 bits per heavy atom. The summed E-state index contributed by atoms with van der Waals surface area (Å²) in [6.45, 7) is 0.973. The highest BCUT2D eigenvalue weighted by Crippen LogP contribution is 2.29. The van der Waals surface area contributed by atoms with Crippen LogP contribution in [0.2, 0.25) is 0 Å². The molecule has 1 aromatic carbocycles. The maximum Gasteiger partial charge on any atom is 0.139 e. The number of nitrogens with one attached hydrogen (secondary N) is 1. The topological polar surface area (TPSA) is 12.0 Å². The second kappa shape index (κ2) is 3.66. The molecular formula is C10H11BrFN. The van der Waals surface area contributed by atoms with Gasteiger partial charge in [-0.15, -0.1) is 0 Å². The van der Waals surface area contributed by atoms with E-state index in [4.69, 9.17) is 0 Å². The lowest BCUT2D eigenvalue weighted by molar-refractivity contribution is 0.621. The van der Waals surface area contributed by atoms with E-state index >= 15 is 0 Å². The Labute approximate surface area is 85.5 Å². The molecule has 0 aliphatic heterocycles. The van der Waals surface area contributed by atoms with E-state index in [1.165, 1.54) is 18.9 Å². The zero-order chi connectivity index (χ0) is 9.26. The van der Waals surface area contributed by atoms with E-state index in [0.717, 1.165) is 18.2 Å². The van der Waals surface area contributed by atoms with Crippen LogP contribution in [0.3, 0.4) is 0 Å². The molecule has 0 atom stereocenters. The third kappa shape index (κ3) is 2.44. The molecule has 0 spiro atoms. The van der Waals surface area contributed by atoms with Gasteiger partial charge in [0, 0.05) is 12.2 Å². The molecular weight excluding hydrogens is 233 g/mol. The number of benzene rings is 1. The van der Waals surface area contributed by atoms with Gasteiger partial charge in [0.05, 0.1) is 4.47 Å². The van der Waals surface area contributed by atoms with Gasteiger partial charge in [-0.05, 0) is 52.9 Å². The smallest absolute Gasteiger partial charge is 0.139 e. The summed E-state index contributed by atoms with van der Waals surface area (Å²) in [4.78, 5) is 0. The van der Waals surface area contributed by atoms with Gasteiger partial charge in [0.1, 0.15) is 5.82 Å². The fourth-order valence-electron chi connectivity index (χ4n) is 1.19. The third-order valence-electron chi connectivity index (χ3n) is 2.21. The molecule has 0 saturated heterocycles. The van der Waals surface area contributed by atoms with Crippen molar-refractivity contribution in [2.45, 2.75) is 12.8 Å². The molecule has 1 nitrogen and oxygen atoms in total. The van der Waals surface area contributed by atoms with Crippen molar-refractivity contribution in [1.29, 1.82) is 0 Å². The first-order chi connectivity index (χ1) is 6.25. The number of anilines is 1. The van der Waals surface area contributed by atoms with Gasteiger partial charge in [0.15, 0.2) is 0 Å². The quantitative estimate of drug-likeness (QED) is 0.859. The van der Waals surface area contributed by atoms with Gasteiger partial charge in [-0.1, -0.05) is 0 Å². The molecule has 0 bridgehead atoms. The molecule has 1 aromatic rings. The van der Waals surface area contributed by atoms with Gasteiger partial charge in [-0.25, -0.2) is 4.39 Å². The predicted molar refractivity (Wildman–Crippen MR) is 55.3 cm³/mol. The van der Waals surface area contributed by atoms with Crippen LogP contribution in [-0.2, 0) is 0 Å². The van der Waals surface area contributed by atoms with Crippen LogP contribution in [0.25, 0.3) is 0 Å². The molecule has 0 unspecified atom stereocenters. The SMILES string of the molecule is Fc1cc(NCC2CC2)ccc1Br. The van der Waals surface area contributed by atoms with Crippen molar-refractivity contribution in [2.24, 2.45) is 5.92 Å². The van der Waals surface area contributed by atoms with Gasteiger partial charge in [-0.3, -0.25) is 0 Å². The minimum atomic E-state index is -0.208. The molecule has 0 radical (unpaired) electrons. The molecule has 0 amide bonds. The van der Waals surface area contributed by atoms with Crippen LogP contribution in [0.1, 0.15) is 12.8 Å². The lowest BCUT2D eigenvalue weighted by atomic mass is 10.3. The summed E-state index contributed by atoms with van der Waals surface area (Å²) in [5, 5.41) is 3.21. The van der Waals surface area contributed by atoms with Gasteiger partial charge in [-0.2, -0.15) is 0 Å². The molecule has 0 aromatic heterocycles. The predicted octanol–water partition coefficient (Wildman–Crippen LogP) is 3.41. The number of hydrogen-bond acceptors (Lipinski definition) is 1. The largest absolute Gasteiger partial charge is 0.385 e. The summed E-state index contributed by atoms with van der Waals surface area (Å²) in [5.41, 5.74) is 0.868. The summed E-state index contributed by atoms with van der Waals surface area (Å²) >= 11 is 3.12. The van der Waals surface area contributed by atoms with Crippen molar-refractivity contribution in [2.75, 3.05) is 11.9 Å². The third-order valence-corrected chi connectivity index (χ3v) is 2.85. The van der Waals surface area contributed by atoms with Crippen molar-refractivity contribution < 1.29 is 4.39 Å². The Balaban J connectivity index is 1.98. The molecule has 1 N–H and O–H groups in total. The highest BCUT2D eigenvalue weighted by molar-refractivity contribution is 9.10. The Morgan fingerprint density at radius 3 is 2.85 bits per heavy atom. The van der Waals surface area contributed by atoms with Crippen LogP contribution < -0.4 is 5.32 Å². The molecule has 1 saturated carbocycles. The molecule has 13 heavy (non-hydrogen) atoms. The Kier molecular flexibility index (Phi) is 2.54. The number of rotatable bonds is 3. The van der Waals surface area contributed by atoms with E-state index in [2.05, 4.69) is 21.2 Å². The molecule has 1 aliphatic carbocycles. The Morgan fingerprint density at radius 1 is 1.46 bits per heavy atom. The summed E-state index contributed by atoms with van der Waals surface area (Å²) in [6, 6.07) is 5.13. The van der Waals surface area contributed by atoms with E-state index in [1.54, 1.807) is 6.07 Å². The molecule has 3 heteroatoms. The first kappa shape index (κ1) is 9.00. The zero-order valence-electron chi connectivity index (χ0n) is 7.19. The monoisotopic (exact) mass is 243 g/mol. The van der Waals surface area contributed by atoms with E-state index in [0.29, 0.717) is 4.47 Å². The van der Waals surface area contributed by atoms with Crippen LogP contribution >= 0.6 is 15.9 Å². The second-order valence-electron chi connectivity index (χ2n) is 3.45. The summed E-state index contributed by atoms with van der Waals surface area (Å²) in [5.74, 6) is 0.604. The van der Waals surface area contributed by atoms with Crippen LogP contribution in [0, 0.1) is 11.7 Å². The minimum Gasteiger partial charge on any atom is -0.385 e. The lowest BCUT2D eigenvalue weighted by Crippen LogP contribution is -2.03. The average Bonchev–Trinajstić information content (AvgIpc) is 2.91. The fourth-order valence-corrected chi connectivity index (χ4v) is 1.44. The molecule has 1 fully saturated rings. The van der Waals surface area contributed by atoms with Crippen molar-refractivity contribution >= 4 is 21.6 Å². The average molecular weight is 244 g/mol. The van der Waals surface area contributed by atoms with Crippen molar-refractivity contribution in [3.63, 3.8) is 0 Å². The van der Waals surface area contributed by atoms with Crippen molar-refractivity contribution in [3.8, 4) is 0 Å². The van der Waals surface area contributed by atoms with Crippen LogP contribution in [0.15, 0.2) is 22.7 Å². The molecule has 1 aliphatic rings. The Bertz CT molecular complexity index is 310. The van der Waals surface area contributed by atoms with Gasteiger partial charge < -0.3 is 5.32 Å². The number of hydrogen-bond donors (Lipinski definition) is 1. The maximum absolute atomic E-state index is 13.0.